The van der Waals surface area contributed by atoms with Crippen LogP contribution in [0.1, 0.15) is 39.0 Å². The number of nitrogens with zero attached hydrogens (tertiary/aromatic N) is 1. The molecular weight excluding hydrogens is 250 g/mol. The van der Waals surface area contributed by atoms with E-state index >= 15 is 0 Å². The lowest BCUT2D eigenvalue weighted by molar-refractivity contribution is -0.121. The van der Waals surface area contributed by atoms with Crippen molar-refractivity contribution in [3.8, 4) is 0 Å². The second-order valence-corrected chi connectivity index (χ2v) is 6.74. The van der Waals surface area contributed by atoms with Crippen molar-refractivity contribution in [2.45, 2.75) is 39.0 Å². The van der Waals surface area contributed by atoms with E-state index in [4.69, 9.17) is 12.2 Å². The smallest absolute Gasteiger partial charge is 0.135 e. The third-order valence-electron chi connectivity index (χ3n) is 3.49. The van der Waals surface area contributed by atoms with Crippen LogP contribution >= 0.6 is 24.0 Å². The Kier molecular flexibility index (Phi) is 6.49. The molecule has 1 rings (SSSR count). The molecule has 0 aromatic carbocycles. The van der Waals surface area contributed by atoms with Crippen LogP contribution in [0.15, 0.2) is 0 Å². The summed E-state index contributed by atoms with van der Waals surface area (Å²) >= 11 is 6.91. The highest BCUT2D eigenvalue weighted by Crippen LogP contribution is 2.32. The first-order valence-electron chi connectivity index (χ1n) is 6.37. The van der Waals surface area contributed by atoms with E-state index in [1.165, 1.54) is 32.1 Å². The van der Waals surface area contributed by atoms with E-state index in [2.05, 4.69) is 0 Å². The minimum absolute atomic E-state index is 0.207. The maximum absolute atomic E-state index is 11.8. The summed E-state index contributed by atoms with van der Waals surface area (Å²) in [6.07, 6.45) is 6.36. The summed E-state index contributed by atoms with van der Waals surface area (Å²) in [7, 11) is 3.91. The van der Waals surface area contributed by atoms with E-state index in [9.17, 15) is 4.79 Å². The van der Waals surface area contributed by atoms with Gasteiger partial charge in [-0.15, -0.1) is 0 Å². The van der Waals surface area contributed by atoms with Gasteiger partial charge in [-0.2, -0.15) is 0 Å². The Morgan fingerprint density at radius 1 is 1.35 bits per heavy atom. The lowest BCUT2D eigenvalue weighted by Crippen LogP contribution is -2.27. The van der Waals surface area contributed by atoms with Crippen molar-refractivity contribution in [2.24, 2.45) is 11.8 Å². The number of hydrogen-bond donors (Lipinski definition) is 0. The summed E-state index contributed by atoms with van der Waals surface area (Å²) in [6.45, 7) is 1.73. The number of hydrogen-bond acceptors (Lipinski definition) is 3. The van der Waals surface area contributed by atoms with Gasteiger partial charge in [0.1, 0.15) is 10.1 Å². The Balaban J connectivity index is 2.48. The number of Topliss-reactive ketones (excluding diaryl/α,β-unsaturated/α-hetero) is 1. The molecule has 1 aliphatic rings. The monoisotopic (exact) mass is 273 g/mol. The summed E-state index contributed by atoms with van der Waals surface area (Å²) < 4.78 is 0.882. The molecule has 0 N–H and O–H groups in total. The molecule has 4 heteroatoms. The molecule has 1 saturated carbocycles. The summed E-state index contributed by atoms with van der Waals surface area (Å²) in [5.74, 6) is 2.00. The highest BCUT2D eigenvalue weighted by atomic mass is 32.2. The van der Waals surface area contributed by atoms with Crippen LogP contribution in [-0.4, -0.2) is 34.9 Å². The maximum Gasteiger partial charge on any atom is 0.135 e. The van der Waals surface area contributed by atoms with Gasteiger partial charge in [0.15, 0.2) is 0 Å². The van der Waals surface area contributed by atoms with Gasteiger partial charge < -0.3 is 4.90 Å². The Morgan fingerprint density at radius 2 is 1.94 bits per heavy atom. The SMILES string of the molecule is CC(=O)C(CSC(=S)N(C)C)C1CCCCC1. The summed E-state index contributed by atoms with van der Waals surface area (Å²) in [5.41, 5.74) is 0. The van der Waals surface area contributed by atoms with Crippen molar-refractivity contribution < 1.29 is 4.79 Å². The lowest BCUT2D eigenvalue weighted by atomic mass is 9.79. The molecule has 0 heterocycles. The highest BCUT2D eigenvalue weighted by molar-refractivity contribution is 8.22. The van der Waals surface area contributed by atoms with Gasteiger partial charge in [0, 0.05) is 25.8 Å². The molecule has 0 saturated heterocycles. The number of thiocarbonyl (C=S) groups is 1. The predicted octanol–water partition coefficient (Wildman–Crippen LogP) is 3.35. The van der Waals surface area contributed by atoms with Crippen molar-refractivity contribution in [1.29, 1.82) is 0 Å². The first-order chi connectivity index (χ1) is 8.02. The van der Waals surface area contributed by atoms with Gasteiger partial charge in [0.05, 0.1) is 0 Å². The summed E-state index contributed by atoms with van der Waals surface area (Å²) in [6, 6.07) is 0. The molecule has 0 spiro atoms. The fourth-order valence-corrected chi connectivity index (χ4v) is 3.70. The molecule has 1 atom stereocenters. The van der Waals surface area contributed by atoms with E-state index in [0.717, 1.165) is 10.1 Å². The van der Waals surface area contributed by atoms with Crippen LogP contribution in [0, 0.1) is 11.8 Å². The molecule has 0 bridgehead atoms. The van der Waals surface area contributed by atoms with Crippen LogP contribution in [0.25, 0.3) is 0 Å². The lowest BCUT2D eigenvalue weighted by Gasteiger charge is -2.28. The van der Waals surface area contributed by atoms with Crippen LogP contribution in [0.4, 0.5) is 0 Å². The zero-order chi connectivity index (χ0) is 12.8. The zero-order valence-corrected chi connectivity index (χ0v) is 12.7. The van der Waals surface area contributed by atoms with Crippen molar-refractivity contribution in [3.63, 3.8) is 0 Å². The summed E-state index contributed by atoms with van der Waals surface area (Å²) in [4.78, 5) is 13.7. The third-order valence-corrected chi connectivity index (χ3v) is 5.35. The van der Waals surface area contributed by atoms with Crippen molar-refractivity contribution >= 4 is 34.1 Å². The van der Waals surface area contributed by atoms with Gasteiger partial charge in [-0.25, -0.2) is 0 Å². The first kappa shape index (κ1) is 15.0. The standard InChI is InChI=1S/C13H23NOS2/c1-10(15)12(9-17-13(16)14(2)3)11-7-5-4-6-8-11/h11-12H,4-9H2,1-3H3. The van der Waals surface area contributed by atoms with Gasteiger partial charge in [-0.3, -0.25) is 4.79 Å². The molecule has 0 amide bonds. The molecule has 1 unspecified atom stereocenters. The summed E-state index contributed by atoms with van der Waals surface area (Å²) in [5, 5.41) is 0. The number of thioether (sulfide) groups is 1. The van der Waals surface area contributed by atoms with Crippen LogP contribution in [0.5, 0.6) is 0 Å². The Morgan fingerprint density at radius 3 is 2.41 bits per heavy atom. The van der Waals surface area contributed by atoms with Crippen molar-refractivity contribution in [3.05, 3.63) is 0 Å². The first-order valence-corrected chi connectivity index (χ1v) is 7.76. The number of carbonyl (C=O) groups excluding carboxylic acids is 1. The van der Waals surface area contributed by atoms with E-state index in [-0.39, 0.29) is 5.92 Å². The van der Waals surface area contributed by atoms with Gasteiger partial charge in [0.2, 0.25) is 0 Å². The van der Waals surface area contributed by atoms with Crippen LogP contribution < -0.4 is 0 Å². The Bertz CT molecular complexity index is 273. The second kappa shape index (κ2) is 7.37. The van der Waals surface area contributed by atoms with Crippen LogP contribution in [0.2, 0.25) is 0 Å². The molecule has 98 valence electrons. The zero-order valence-electron chi connectivity index (χ0n) is 11.1. The minimum Gasteiger partial charge on any atom is -0.364 e. The van der Waals surface area contributed by atoms with Crippen molar-refractivity contribution in [1.82, 2.24) is 4.90 Å². The van der Waals surface area contributed by atoms with Crippen molar-refractivity contribution in [2.75, 3.05) is 19.8 Å². The number of rotatable bonds is 4. The molecular formula is C13H23NOS2. The molecule has 17 heavy (non-hydrogen) atoms. The molecule has 2 nitrogen and oxygen atoms in total. The van der Waals surface area contributed by atoms with Gasteiger partial charge in [-0.05, 0) is 25.7 Å². The minimum atomic E-state index is 0.207. The Hall–Kier alpha value is -0.0900. The normalized spacial score (nSPS) is 18.8. The molecule has 0 radical (unpaired) electrons. The molecule has 0 aromatic rings. The van der Waals surface area contributed by atoms with Crippen LogP contribution in [0.3, 0.4) is 0 Å². The van der Waals surface area contributed by atoms with E-state index in [0.29, 0.717) is 11.7 Å². The van der Waals surface area contributed by atoms with Crippen LogP contribution in [-0.2, 0) is 4.79 Å². The van der Waals surface area contributed by atoms with E-state index < -0.39 is 0 Å². The van der Waals surface area contributed by atoms with Gasteiger partial charge in [0.25, 0.3) is 0 Å². The fourth-order valence-electron chi connectivity index (χ4n) is 2.41. The quantitative estimate of drug-likeness (QED) is 0.732. The van der Waals surface area contributed by atoms with Gasteiger partial charge in [-0.1, -0.05) is 43.2 Å². The Labute approximate surface area is 115 Å². The molecule has 0 aromatic heterocycles. The predicted molar refractivity (Wildman–Crippen MR) is 79.5 cm³/mol. The fraction of sp³-hybridized carbons (Fsp3) is 0.846. The van der Waals surface area contributed by atoms with Gasteiger partial charge >= 0.3 is 0 Å². The van der Waals surface area contributed by atoms with E-state index in [1.54, 1.807) is 18.7 Å². The van der Waals surface area contributed by atoms with E-state index in [1.807, 2.05) is 19.0 Å². The third kappa shape index (κ3) is 4.96. The maximum atomic E-state index is 11.8. The number of carbonyl (C=O) groups is 1. The second-order valence-electron chi connectivity index (χ2n) is 5.09. The number of ketones is 1. The molecule has 1 fully saturated rings. The average molecular weight is 273 g/mol. The molecule has 1 aliphatic carbocycles. The highest BCUT2D eigenvalue weighted by Gasteiger charge is 2.27. The topological polar surface area (TPSA) is 20.3 Å². The largest absolute Gasteiger partial charge is 0.364 e. The average Bonchev–Trinajstić information content (AvgIpc) is 2.29. The molecule has 0 aliphatic heterocycles.